The predicted octanol–water partition coefficient (Wildman–Crippen LogP) is 3.06. The van der Waals surface area contributed by atoms with E-state index in [9.17, 15) is 0 Å². The lowest BCUT2D eigenvalue weighted by Crippen LogP contribution is -2.32. The summed E-state index contributed by atoms with van der Waals surface area (Å²) >= 11 is 0. The third kappa shape index (κ3) is 4.25. The first kappa shape index (κ1) is 13.5. The molecule has 0 unspecified atom stereocenters. The summed E-state index contributed by atoms with van der Waals surface area (Å²) in [5.41, 5.74) is 0.682. The Morgan fingerprint density at radius 3 is 2.15 bits per heavy atom. The van der Waals surface area contributed by atoms with Crippen molar-refractivity contribution >= 4 is 0 Å². The van der Waals surface area contributed by atoms with Crippen LogP contribution in [0.5, 0.6) is 5.75 Å². The Kier molecular flexibility index (Phi) is 4.22. The molecule has 0 amide bonds. The normalized spacial score (nSPS) is 18.0. The van der Waals surface area contributed by atoms with E-state index in [-0.39, 0.29) is 0 Å². The monoisotopic (exact) mass is 270 g/mol. The first-order valence-corrected chi connectivity index (χ1v) is 7.69. The van der Waals surface area contributed by atoms with Crippen LogP contribution in [0.4, 0.5) is 0 Å². The number of benzene rings is 1. The zero-order chi connectivity index (χ0) is 13.8. The van der Waals surface area contributed by atoms with E-state index in [2.05, 4.69) is 11.0 Å². The molecule has 0 aliphatic heterocycles. The fourth-order valence-corrected chi connectivity index (χ4v) is 2.51. The molecule has 1 aromatic carbocycles. The number of nitrogens with zero attached hydrogens (tertiary/aromatic N) is 2. The van der Waals surface area contributed by atoms with Gasteiger partial charge in [-0.2, -0.15) is 5.26 Å². The minimum absolute atomic E-state index is 0.682. The van der Waals surface area contributed by atoms with Gasteiger partial charge in [-0.15, -0.1) is 0 Å². The van der Waals surface area contributed by atoms with Crippen molar-refractivity contribution in [2.24, 2.45) is 11.8 Å². The second-order valence-corrected chi connectivity index (χ2v) is 6.13. The molecule has 1 aromatic rings. The lowest BCUT2D eigenvalue weighted by atomic mass is 10.2. The van der Waals surface area contributed by atoms with Gasteiger partial charge in [-0.3, -0.25) is 4.90 Å². The van der Waals surface area contributed by atoms with Gasteiger partial charge in [-0.25, -0.2) is 0 Å². The van der Waals surface area contributed by atoms with E-state index in [0.29, 0.717) is 5.56 Å². The summed E-state index contributed by atoms with van der Waals surface area (Å²) < 4.78 is 5.79. The van der Waals surface area contributed by atoms with Crippen molar-refractivity contribution in [1.82, 2.24) is 4.90 Å². The Hall–Kier alpha value is -1.53. The van der Waals surface area contributed by atoms with Gasteiger partial charge in [0.1, 0.15) is 12.4 Å². The van der Waals surface area contributed by atoms with Crippen LogP contribution in [-0.2, 0) is 0 Å². The van der Waals surface area contributed by atoms with Gasteiger partial charge in [-0.05, 0) is 61.8 Å². The van der Waals surface area contributed by atoms with E-state index in [0.717, 1.165) is 30.7 Å². The molecule has 3 rings (SSSR count). The van der Waals surface area contributed by atoms with Crippen molar-refractivity contribution in [2.45, 2.75) is 25.7 Å². The van der Waals surface area contributed by atoms with Gasteiger partial charge in [0.15, 0.2) is 0 Å². The predicted molar refractivity (Wildman–Crippen MR) is 78.5 cm³/mol. The average Bonchev–Trinajstić information content (AvgIpc) is 3.36. The van der Waals surface area contributed by atoms with Gasteiger partial charge in [0.2, 0.25) is 0 Å². The van der Waals surface area contributed by atoms with Crippen LogP contribution in [0, 0.1) is 23.2 Å². The molecule has 2 aliphatic carbocycles. The highest BCUT2D eigenvalue weighted by Gasteiger charge is 2.28. The Morgan fingerprint density at radius 1 is 1.05 bits per heavy atom. The van der Waals surface area contributed by atoms with E-state index in [1.165, 1.54) is 38.8 Å². The zero-order valence-electron chi connectivity index (χ0n) is 11.9. The molecule has 0 N–H and O–H groups in total. The number of rotatable bonds is 8. The number of ether oxygens (including phenoxy) is 1. The molecule has 2 saturated carbocycles. The Bertz CT molecular complexity index is 455. The molecular formula is C17H22N2O. The molecule has 0 heterocycles. The van der Waals surface area contributed by atoms with Crippen LogP contribution in [0.2, 0.25) is 0 Å². The highest BCUT2D eigenvalue weighted by Crippen LogP contribution is 2.33. The maximum atomic E-state index is 8.76. The third-order valence-electron chi connectivity index (χ3n) is 4.09. The van der Waals surface area contributed by atoms with Crippen molar-refractivity contribution in [2.75, 3.05) is 26.2 Å². The topological polar surface area (TPSA) is 36.3 Å². The summed E-state index contributed by atoms with van der Waals surface area (Å²) in [4.78, 5) is 2.58. The number of hydrogen-bond donors (Lipinski definition) is 0. The quantitative estimate of drug-likeness (QED) is 0.728. The minimum atomic E-state index is 0.682. The van der Waals surface area contributed by atoms with Crippen molar-refractivity contribution in [3.05, 3.63) is 29.8 Å². The lowest BCUT2D eigenvalue weighted by Gasteiger charge is -2.22. The summed E-state index contributed by atoms with van der Waals surface area (Å²) in [5, 5.41) is 8.76. The molecule has 0 radical (unpaired) electrons. The van der Waals surface area contributed by atoms with Crippen molar-refractivity contribution < 1.29 is 4.74 Å². The van der Waals surface area contributed by atoms with Gasteiger partial charge in [0.05, 0.1) is 11.6 Å². The van der Waals surface area contributed by atoms with Gasteiger partial charge >= 0.3 is 0 Å². The highest BCUT2D eigenvalue weighted by atomic mass is 16.5. The molecule has 20 heavy (non-hydrogen) atoms. The zero-order valence-corrected chi connectivity index (χ0v) is 11.9. The van der Waals surface area contributed by atoms with Crippen LogP contribution in [0.15, 0.2) is 24.3 Å². The second-order valence-electron chi connectivity index (χ2n) is 6.13. The van der Waals surface area contributed by atoms with Crippen molar-refractivity contribution in [3.8, 4) is 11.8 Å². The molecule has 0 aromatic heterocycles. The summed E-state index contributed by atoms with van der Waals surface area (Å²) in [6, 6.07) is 9.50. The van der Waals surface area contributed by atoms with Gasteiger partial charge in [-0.1, -0.05) is 0 Å². The van der Waals surface area contributed by atoms with Gasteiger partial charge in [0, 0.05) is 19.6 Å². The van der Waals surface area contributed by atoms with E-state index < -0.39 is 0 Å². The molecular weight excluding hydrogens is 248 g/mol. The average molecular weight is 270 g/mol. The van der Waals surface area contributed by atoms with Crippen LogP contribution >= 0.6 is 0 Å². The summed E-state index contributed by atoms with van der Waals surface area (Å²) in [5.74, 6) is 2.76. The van der Waals surface area contributed by atoms with Crippen molar-refractivity contribution in [3.63, 3.8) is 0 Å². The highest BCUT2D eigenvalue weighted by molar-refractivity contribution is 5.34. The molecule has 106 valence electrons. The number of hydrogen-bond acceptors (Lipinski definition) is 3. The first-order chi connectivity index (χ1) is 9.83. The molecule has 3 nitrogen and oxygen atoms in total. The smallest absolute Gasteiger partial charge is 0.119 e. The fraction of sp³-hybridized carbons (Fsp3) is 0.588. The summed E-state index contributed by atoms with van der Waals surface area (Å²) in [6.07, 6.45) is 5.66. The Morgan fingerprint density at radius 2 is 1.65 bits per heavy atom. The molecule has 2 fully saturated rings. The molecule has 0 spiro atoms. The van der Waals surface area contributed by atoms with Crippen LogP contribution in [0.3, 0.4) is 0 Å². The molecule has 3 heteroatoms. The maximum Gasteiger partial charge on any atom is 0.119 e. The van der Waals surface area contributed by atoms with Crippen LogP contribution in [-0.4, -0.2) is 31.1 Å². The standard InChI is InChI=1S/C17H22N2O/c18-11-14-5-7-17(8-6-14)20-10-9-19(12-15-1-2-15)13-16-3-4-16/h5-8,15-16H,1-4,9-10,12-13H2. The molecule has 0 saturated heterocycles. The first-order valence-electron chi connectivity index (χ1n) is 7.69. The van der Waals surface area contributed by atoms with E-state index in [4.69, 9.17) is 10.00 Å². The second kappa shape index (κ2) is 6.28. The lowest BCUT2D eigenvalue weighted by molar-refractivity contribution is 0.197. The fourth-order valence-electron chi connectivity index (χ4n) is 2.51. The van der Waals surface area contributed by atoms with Crippen molar-refractivity contribution in [1.29, 1.82) is 5.26 Å². The summed E-state index contributed by atoms with van der Waals surface area (Å²) in [7, 11) is 0. The number of nitriles is 1. The largest absolute Gasteiger partial charge is 0.492 e. The van der Waals surface area contributed by atoms with E-state index >= 15 is 0 Å². The van der Waals surface area contributed by atoms with Crippen LogP contribution in [0.1, 0.15) is 31.2 Å². The molecule has 2 aliphatic rings. The Labute approximate surface area is 121 Å². The maximum absolute atomic E-state index is 8.76. The SMILES string of the molecule is N#Cc1ccc(OCCN(CC2CC2)CC2CC2)cc1. The molecule has 0 bridgehead atoms. The van der Waals surface area contributed by atoms with Gasteiger partial charge < -0.3 is 4.74 Å². The minimum Gasteiger partial charge on any atom is -0.492 e. The third-order valence-corrected chi connectivity index (χ3v) is 4.09. The van der Waals surface area contributed by atoms with E-state index in [1.807, 2.05) is 24.3 Å². The van der Waals surface area contributed by atoms with Crippen LogP contribution < -0.4 is 4.74 Å². The van der Waals surface area contributed by atoms with E-state index in [1.54, 1.807) is 0 Å². The van der Waals surface area contributed by atoms with Crippen LogP contribution in [0.25, 0.3) is 0 Å². The Balaban J connectivity index is 1.42. The molecule has 0 atom stereocenters. The summed E-state index contributed by atoms with van der Waals surface area (Å²) in [6.45, 7) is 4.28. The van der Waals surface area contributed by atoms with Gasteiger partial charge in [0.25, 0.3) is 0 Å².